The molecular formula is C20H22N4O2S. The molecule has 1 N–H and O–H groups in total. The SMILES string of the molecule is COc1ccc2nccc(N3CCC(C(=O)Nc4nc(C)cs4)CC3)c2c1. The second-order valence-electron chi connectivity index (χ2n) is 6.76. The average molecular weight is 382 g/mol. The molecule has 3 heterocycles. The first-order valence-corrected chi connectivity index (χ1v) is 9.92. The van der Waals surface area contributed by atoms with Crippen LogP contribution in [-0.4, -0.2) is 36.1 Å². The number of hydrogen-bond donors (Lipinski definition) is 1. The number of ether oxygens (including phenoxy) is 1. The molecule has 1 aromatic carbocycles. The summed E-state index contributed by atoms with van der Waals surface area (Å²) in [7, 11) is 1.67. The lowest BCUT2D eigenvalue weighted by molar-refractivity contribution is -0.120. The van der Waals surface area contributed by atoms with Crippen LogP contribution in [-0.2, 0) is 4.79 Å². The number of piperidine rings is 1. The van der Waals surface area contributed by atoms with Crippen molar-refractivity contribution < 1.29 is 9.53 Å². The molecule has 1 aliphatic heterocycles. The Morgan fingerprint density at radius 2 is 2.11 bits per heavy atom. The minimum Gasteiger partial charge on any atom is -0.497 e. The number of carbonyl (C=O) groups is 1. The van der Waals surface area contributed by atoms with E-state index in [0.717, 1.165) is 54.0 Å². The summed E-state index contributed by atoms with van der Waals surface area (Å²) in [6, 6.07) is 7.98. The first-order valence-electron chi connectivity index (χ1n) is 9.05. The molecular weight excluding hydrogens is 360 g/mol. The Kier molecular flexibility index (Phi) is 4.94. The van der Waals surface area contributed by atoms with E-state index in [2.05, 4.69) is 20.2 Å². The van der Waals surface area contributed by atoms with E-state index in [1.165, 1.54) is 11.3 Å². The number of nitrogens with zero attached hydrogens (tertiary/aromatic N) is 3. The first-order chi connectivity index (χ1) is 13.1. The summed E-state index contributed by atoms with van der Waals surface area (Å²) in [5, 5.41) is 6.67. The molecule has 3 aromatic rings. The van der Waals surface area contributed by atoms with Gasteiger partial charge in [-0.1, -0.05) is 0 Å². The van der Waals surface area contributed by atoms with Gasteiger partial charge in [0.2, 0.25) is 5.91 Å². The molecule has 27 heavy (non-hydrogen) atoms. The molecule has 0 spiro atoms. The van der Waals surface area contributed by atoms with Crippen LogP contribution in [0, 0.1) is 12.8 Å². The third kappa shape index (κ3) is 3.73. The van der Waals surface area contributed by atoms with E-state index in [0.29, 0.717) is 5.13 Å². The summed E-state index contributed by atoms with van der Waals surface area (Å²) >= 11 is 1.47. The Labute approximate surface area is 162 Å². The Bertz CT molecular complexity index is 964. The number of aromatic nitrogens is 2. The average Bonchev–Trinajstić information content (AvgIpc) is 3.11. The maximum absolute atomic E-state index is 12.5. The van der Waals surface area contributed by atoms with Crippen molar-refractivity contribution in [2.75, 3.05) is 30.4 Å². The summed E-state index contributed by atoms with van der Waals surface area (Å²) in [5.41, 5.74) is 3.03. The lowest BCUT2D eigenvalue weighted by atomic mass is 9.95. The van der Waals surface area contributed by atoms with E-state index < -0.39 is 0 Å². The van der Waals surface area contributed by atoms with Gasteiger partial charge in [-0.25, -0.2) is 4.98 Å². The fraction of sp³-hybridized carbons (Fsp3) is 0.350. The maximum Gasteiger partial charge on any atom is 0.229 e. The standard InChI is InChI=1S/C20H22N4O2S/c1-13-12-27-20(22-13)23-19(25)14-6-9-24(10-7-14)18-5-8-21-17-4-3-15(26-2)11-16(17)18/h3-5,8,11-12,14H,6-7,9-10H2,1-2H3,(H,22,23,25). The fourth-order valence-electron chi connectivity index (χ4n) is 3.51. The van der Waals surface area contributed by atoms with Gasteiger partial charge < -0.3 is 15.0 Å². The van der Waals surface area contributed by atoms with Gasteiger partial charge in [0.15, 0.2) is 5.13 Å². The Morgan fingerprint density at radius 1 is 1.30 bits per heavy atom. The number of amides is 1. The van der Waals surface area contributed by atoms with Gasteiger partial charge in [-0.3, -0.25) is 9.78 Å². The first kappa shape index (κ1) is 17.7. The van der Waals surface area contributed by atoms with E-state index in [1.54, 1.807) is 7.11 Å². The quantitative estimate of drug-likeness (QED) is 0.742. The number of fused-ring (bicyclic) bond motifs is 1. The predicted octanol–water partition coefficient (Wildman–Crippen LogP) is 3.86. The van der Waals surface area contributed by atoms with Gasteiger partial charge in [0, 0.05) is 41.7 Å². The van der Waals surface area contributed by atoms with Crippen molar-refractivity contribution in [2.45, 2.75) is 19.8 Å². The third-order valence-corrected chi connectivity index (χ3v) is 5.86. The minimum atomic E-state index is 0.0214. The smallest absolute Gasteiger partial charge is 0.229 e. The zero-order chi connectivity index (χ0) is 18.8. The van der Waals surface area contributed by atoms with E-state index in [-0.39, 0.29) is 11.8 Å². The van der Waals surface area contributed by atoms with Crippen LogP contribution in [0.15, 0.2) is 35.8 Å². The molecule has 1 amide bonds. The highest BCUT2D eigenvalue weighted by Crippen LogP contribution is 2.32. The van der Waals surface area contributed by atoms with E-state index >= 15 is 0 Å². The predicted molar refractivity (Wildman–Crippen MR) is 109 cm³/mol. The second-order valence-corrected chi connectivity index (χ2v) is 7.62. The van der Waals surface area contributed by atoms with Gasteiger partial charge in [-0.2, -0.15) is 0 Å². The highest BCUT2D eigenvalue weighted by atomic mass is 32.1. The van der Waals surface area contributed by atoms with Crippen LogP contribution in [0.2, 0.25) is 0 Å². The van der Waals surface area contributed by atoms with Crippen LogP contribution < -0.4 is 15.0 Å². The van der Waals surface area contributed by atoms with Gasteiger partial charge in [0.25, 0.3) is 0 Å². The summed E-state index contributed by atoms with van der Waals surface area (Å²) in [6.07, 6.45) is 3.49. The molecule has 0 aliphatic carbocycles. The molecule has 4 rings (SSSR count). The van der Waals surface area contributed by atoms with Gasteiger partial charge in [-0.05, 0) is 44.0 Å². The zero-order valence-electron chi connectivity index (χ0n) is 15.4. The van der Waals surface area contributed by atoms with Crippen LogP contribution in [0.3, 0.4) is 0 Å². The number of rotatable bonds is 4. The topological polar surface area (TPSA) is 67.3 Å². The van der Waals surface area contributed by atoms with Crippen LogP contribution in [0.4, 0.5) is 10.8 Å². The maximum atomic E-state index is 12.5. The molecule has 0 atom stereocenters. The molecule has 0 radical (unpaired) electrons. The normalized spacial score (nSPS) is 15.1. The summed E-state index contributed by atoms with van der Waals surface area (Å²) in [6.45, 7) is 3.61. The number of methoxy groups -OCH3 is 1. The highest BCUT2D eigenvalue weighted by molar-refractivity contribution is 7.13. The Balaban J connectivity index is 1.46. The molecule has 140 valence electrons. The lowest BCUT2D eigenvalue weighted by Gasteiger charge is -2.33. The fourth-order valence-corrected chi connectivity index (χ4v) is 4.21. The van der Waals surface area contributed by atoms with Crippen molar-refractivity contribution >= 4 is 39.0 Å². The molecule has 0 unspecified atom stereocenters. The number of carbonyl (C=O) groups excluding carboxylic acids is 1. The van der Waals surface area contributed by atoms with Crippen LogP contribution in [0.1, 0.15) is 18.5 Å². The van der Waals surface area contributed by atoms with Gasteiger partial charge in [-0.15, -0.1) is 11.3 Å². The monoisotopic (exact) mass is 382 g/mol. The second kappa shape index (κ2) is 7.52. The van der Waals surface area contributed by atoms with Crippen molar-refractivity contribution in [3.05, 3.63) is 41.5 Å². The lowest BCUT2D eigenvalue weighted by Crippen LogP contribution is -2.38. The number of anilines is 2. The Morgan fingerprint density at radius 3 is 2.81 bits per heavy atom. The van der Waals surface area contributed by atoms with Crippen molar-refractivity contribution in [3.63, 3.8) is 0 Å². The van der Waals surface area contributed by atoms with Crippen molar-refractivity contribution in [1.29, 1.82) is 0 Å². The van der Waals surface area contributed by atoms with Crippen molar-refractivity contribution in [1.82, 2.24) is 9.97 Å². The molecule has 6 nitrogen and oxygen atoms in total. The Hall–Kier alpha value is -2.67. The van der Waals surface area contributed by atoms with Crippen LogP contribution in [0.25, 0.3) is 10.9 Å². The van der Waals surface area contributed by atoms with E-state index in [4.69, 9.17) is 4.74 Å². The summed E-state index contributed by atoms with van der Waals surface area (Å²) in [4.78, 5) is 23.6. The third-order valence-electron chi connectivity index (χ3n) is 4.98. The molecule has 0 bridgehead atoms. The van der Waals surface area contributed by atoms with Gasteiger partial charge in [0.05, 0.1) is 18.3 Å². The number of pyridine rings is 1. The molecule has 0 saturated carbocycles. The van der Waals surface area contributed by atoms with Crippen molar-refractivity contribution in [2.24, 2.45) is 5.92 Å². The van der Waals surface area contributed by atoms with Crippen LogP contribution >= 0.6 is 11.3 Å². The molecule has 2 aromatic heterocycles. The van der Waals surface area contributed by atoms with Crippen LogP contribution in [0.5, 0.6) is 5.75 Å². The highest BCUT2D eigenvalue weighted by Gasteiger charge is 2.26. The molecule has 1 aliphatic rings. The summed E-state index contributed by atoms with van der Waals surface area (Å²) < 4.78 is 5.37. The largest absolute Gasteiger partial charge is 0.497 e. The number of thiazole rings is 1. The van der Waals surface area contributed by atoms with E-state index in [1.807, 2.05) is 42.8 Å². The molecule has 7 heteroatoms. The van der Waals surface area contributed by atoms with E-state index in [9.17, 15) is 4.79 Å². The molecule has 1 fully saturated rings. The number of aryl methyl sites for hydroxylation is 1. The van der Waals surface area contributed by atoms with Crippen molar-refractivity contribution in [3.8, 4) is 5.75 Å². The number of nitrogens with one attached hydrogen (secondary N) is 1. The molecule has 1 saturated heterocycles. The summed E-state index contributed by atoms with van der Waals surface area (Å²) in [5.74, 6) is 0.920. The number of hydrogen-bond acceptors (Lipinski definition) is 6. The van der Waals surface area contributed by atoms with Gasteiger partial charge in [0.1, 0.15) is 5.75 Å². The number of benzene rings is 1. The zero-order valence-corrected chi connectivity index (χ0v) is 16.3. The minimum absolute atomic E-state index is 0.0214. The van der Waals surface area contributed by atoms with Gasteiger partial charge >= 0.3 is 0 Å².